The molecule has 0 fully saturated rings. The highest BCUT2D eigenvalue weighted by Crippen LogP contribution is 2.26. The van der Waals surface area contributed by atoms with Gasteiger partial charge in [-0.05, 0) is 61.0 Å². The second kappa shape index (κ2) is 10.6. The largest absolute Gasteiger partial charge is 0.494 e. The number of benzene rings is 3. The number of carbonyl (C=O) groups excluding carboxylic acids is 1. The normalized spacial score (nSPS) is 10.9. The number of amides is 1. The van der Waals surface area contributed by atoms with Crippen LogP contribution < -0.4 is 10.1 Å². The first-order valence-corrected chi connectivity index (χ1v) is 11.2. The number of oxazole rings is 1. The average Bonchev–Trinajstić information content (AvgIpc) is 3.26. The number of nitrogens with one attached hydrogen (secondary N) is 1. The highest BCUT2D eigenvalue weighted by atomic mass is 16.5. The molecule has 1 amide bonds. The number of aromatic nitrogens is 1. The summed E-state index contributed by atoms with van der Waals surface area (Å²) in [6.07, 6.45) is 6.02. The van der Waals surface area contributed by atoms with E-state index >= 15 is 0 Å². The van der Waals surface area contributed by atoms with Crippen LogP contribution in [-0.4, -0.2) is 17.5 Å². The van der Waals surface area contributed by atoms with Crippen LogP contribution in [-0.2, 0) is 0 Å². The summed E-state index contributed by atoms with van der Waals surface area (Å²) in [6, 6.07) is 22.4. The number of carbonyl (C=O) groups is 1. The SMILES string of the molecule is CCCCCCCOc1ccc(C(=O)Nc2cccc(-c3nc4ccccc4o3)c2)cc1. The van der Waals surface area contributed by atoms with Crippen LogP contribution in [0.4, 0.5) is 5.69 Å². The Morgan fingerprint density at radius 1 is 0.938 bits per heavy atom. The molecule has 4 aromatic rings. The molecular formula is C27H28N2O3. The minimum Gasteiger partial charge on any atom is -0.494 e. The molecule has 164 valence electrons. The van der Waals surface area contributed by atoms with Crippen molar-refractivity contribution in [3.8, 4) is 17.2 Å². The molecule has 0 spiro atoms. The van der Waals surface area contributed by atoms with Crippen LogP contribution in [0, 0.1) is 0 Å². The molecule has 0 aliphatic carbocycles. The maximum atomic E-state index is 12.7. The molecule has 0 aliphatic heterocycles. The first-order valence-electron chi connectivity index (χ1n) is 11.2. The van der Waals surface area contributed by atoms with Crippen molar-refractivity contribution < 1.29 is 13.9 Å². The highest BCUT2D eigenvalue weighted by Gasteiger charge is 2.11. The standard InChI is InChI=1S/C27H28N2O3/c1-2-3-4-5-8-18-31-23-16-14-20(15-17-23)26(30)28-22-11-9-10-21(19-22)27-29-24-12-6-7-13-25(24)32-27/h6-7,9-17,19H,2-5,8,18H2,1H3,(H,28,30). The summed E-state index contributed by atoms with van der Waals surface area (Å²) >= 11 is 0. The summed E-state index contributed by atoms with van der Waals surface area (Å²) in [6.45, 7) is 2.92. The van der Waals surface area contributed by atoms with E-state index in [1.165, 1.54) is 25.7 Å². The maximum absolute atomic E-state index is 12.7. The first-order chi connectivity index (χ1) is 15.7. The Kier molecular flexibility index (Phi) is 7.18. The fourth-order valence-electron chi connectivity index (χ4n) is 3.53. The summed E-state index contributed by atoms with van der Waals surface area (Å²) in [4.78, 5) is 17.2. The zero-order valence-corrected chi connectivity index (χ0v) is 18.3. The second-order valence-corrected chi connectivity index (χ2v) is 7.81. The van der Waals surface area contributed by atoms with Crippen LogP contribution in [0.1, 0.15) is 49.4 Å². The van der Waals surface area contributed by atoms with Crippen molar-refractivity contribution >= 4 is 22.7 Å². The molecule has 0 saturated carbocycles. The van der Waals surface area contributed by atoms with Crippen molar-refractivity contribution in [1.82, 2.24) is 4.98 Å². The first kappa shape index (κ1) is 21.6. The van der Waals surface area contributed by atoms with Gasteiger partial charge in [-0.15, -0.1) is 0 Å². The molecule has 5 heteroatoms. The molecule has 1 aromatic heterocycles. The summed E-state index contributed by atoms with van der Waals surface area (Å²) < 4.78 is 11.6. The molecule has 0 aliphatic rings. The second-order valence-electron chi connectivity index (χ2n) is 7.81. The fraction of sp³-hybridized carbons (Fsp3) is 0.259. The van der Waals surface area contributed by atoms with Gasteiger partial charge >= 0.3 is 0 Å². The van der Waals surface area contributed by atoms with Crippen molar-refractivity contribution in [3.05, 3.63) is 78.4 Å². The fourth-order valence-corrected chi connectivity index (χ4v) is 3.53. The Morgan fingerprint density at radius 3 is 2.56 bits per heavy atom. The van der Waals surface area contributed by atoms with E-state index in [4.69, 9.17) is 9.15 Å². The van der Waals surface area contributed by atoms with Gasteiger partial charge in [-0.25, -0.2) is 4.98 Å². The Labute approximate surface area is 188 Å². The number of hydrogen-bond donors (Lipinski definition) is 1. The summed E-state index contributed by atoms with van der Waals surface area (Å²) in [5.74, 6) is 1.14. The Balaban J connectivity index is 1.35. The van der Waals surface area contributed by atoms with Gasteiger partial charge in [0, 0.05) is 16.8 Å². The van der Waals surface area contributed by atoms with E-state index in [1.54, 1.807) is 12.1 Å². The van der Waals surface area contributed by atoms with E-state index in [0.29, 0.717) is 23.7 Å². The van der Waals surface area contributed by atoms with Gasteiger partial charge in [-0.1, -0.05) is 50.8 Å². The summed E-state index contributed by atoms with van der Waals surface area (Å²) in [5.41, 5.74) is 3.61. The van der Waals surface area contributed by atoms with Crippen LogP contribution in [0.3, 0.4) is 0 Å². The Morgan fingerprint density at radius 2 is 1.75 bits per heavy atom. The lowest BCUT2D eigenvalue weighted by Gasteiger charge is -2.09. The number of nitrogens with zero attached hydrogens (tertiary/aromatic N) is 1. The van der Waals surface area contributed by atoms with Crippen molar-refractivity contribution in [3.63, 3.8) is 0 Å². The third-order valence-electron chi connectivity index (χ3n) is 5.29. The molecule has 3 aromatic carbocycles. The molecule has 0 unspecified atom stereocenters. The van der Waals surface area contributed by atoms with Crippen molar-refractivity contribution in [2.45, 2.75) is 39.0 Å². The average molecular weight is 429 g/mol. The molecule has 0 bridgehead atoms. The number of unbranched alkanes of at least 4 members (excludes halogenated alkanes) is 4. The smallest absolute Gasteiger partial charge is 0.255 e. The van der Waals surface area contributed by atoms with Gasteiger partial charge in [0.2, 0.25) is 5.89 Å². The Bertz CT molecular complexity index is 1130. The molecule has 1 N–H and O–H groups in total. The number of hydrogen-bond acceptors (Lipinski definition) is 4. The number of ether oxygens (including phenoxy) is 1. The van der Waals surface area contributed by atoms with Gasteiger partial charge in [-0.3, -0.25) is 4.79 Å². The molecule has 5 nitrogen and oxygen atoms in total. The number of para-hydroxylation sites is 2. The van der Waals surface area contributed by atoms with E-state index in [9.17, 15) is 4.79 Å². The van der Waals surface area contributed by atoms with Crippen LogP contribution in [0.2, 0.25) is 0 Å². The van der Waals surface area contributed by atoms with Crippen LogP contribution in [0.15, 0.2) is 77.2 Å². The van der Waals surface area contributed by atoms with Gasteiger partial charge in [0.05, 0.1) is 6.61 Å². The quantitative estimate of drug-likeness (QED) is 0.274. The zero-order chi connectivity index (χ0) is 22.2. The Hall–Kier alpha value is -3.60. The predicted octanol–water partition coefficient (Wildman–Crippen LogP) is 7.10. The van der Waals surface area contributed by atoms with E-state index < -0.39 is 0 Å². The summed E-state index contributed by atoms with van der Waals surface area (Å²) in [5, 5.41) is 2.94. The van der Waals surface area contributed by atoms with Crippen LogP contribution >= 0.6 is 0 Å². The van der Waals surface area contributed by atoms with Crippen molar-refractivity contribution in [1.29, 1.82) is 0 Å². The molecular weight excluding hydrogens is 400 g/mol. The summed E-state index contributed by atoms with van der Waals surface area (Å²) in [7, 11) is 0. The molecule has 0 saturated heterocycles. The number of anilines is 1. The van der Waals surface area contributed by atoms with Gasteiger partial charge in [0.15, 0.2) is 5.58 Å². The number of rotatable bonds is 10. The van der Waals surface area contributed by atoms with Gasteiger partial charge < -0.3 is 14.5 Å². The van der Waals surface area contributed by atoms with Crippen LogP contribution in [0.25, 0.3) is 22.6 Å². The van der Waals surface area contributed by atoms with Crippen molar-refractivity contribution in [2.24, 2.45) is 0 Å². The minimum atomic E-state index is -0.175. The number of fused-ring (bicyclic) bond motifs is 1. The molecule has 0 radical (unpaired) electrons. The molecule has 1 heterocycles. The topological polar surface area (TPSA) is 64.4 Å². The van der Waals surface area contributed by atoms with E-state index in [0.717, 1.165) is 28.8 Å². The van der Waals surface area contributed by atoms with Gasteiger partial charge in [0.25, 0.3) is 5.91 Å². The maximum Gasteiger partial charge on any atom is 0.255 e. The van der Waals surface area contributed by atoms with E-state index in [-0.39, 0.29) is 5.91 Å². The lowest BCUT2D eigenvalue weighted by molar-refractivity contribution is 0.102. The predicted molar refractivity (Wildman–Crippen MR) is 128 cm³/mol. The molecule has 0 atom stereocenters. The molecule has 32 heavy (non-hydrogen) atoms. The van der Waals surface area contributed by atoms with Gasteiger partial charge in [-0.2, -0.15) is 0 Å². The van der Waals surface area contributed by atoms with Crippen molar-refractivity contribution in [2.75, 3.05) is 11.9 Å². The monoisotopic (exact) mass is 428 g/mol. The lowest BCUT2D eigenvalue weighted by Crippen LogP contribution is -2.11. The van der Waals surface area contributed by atoms with Crippen LogP contribution in [0.5, 0.6) is 5.75 Å². The third-order valence-corrected chi connectivity index (χ3v) is 5.29. The minimum absolute atomic E-state index is 0.175. The van der Waals surface area contributed by atoms with E-state index in [2.05, 4.69) is 17.2 Å². The zero-order valence-electron chi connectivity index (χ0n) is 18.3. The van der Waals surface area contributed by atoms with E-state index in [1.807, 2.05) is 60.7 Å². The molecule has 4 rings (SSSR count). The lowest BCUT2D eigenvalue weighted by atomic mass is 10.1. The highest BCUT2D eigenvalue weighted by molar-refractivity contribution is 6.04. The third kappa shape index (κ3) is 5.55. The van der Waals surface area contributed by atoms with Gasteiger partial charge in [0.1, 0.15) is 11.3 Å².